The lowest BCUT2D eigenvalue weighted by atomic mass is 9.88. The van der Waals surface area contributed by atoms with Crippen LogP contribution in [0.25, 0.3) is 0 Å². The highest BCUT2D eigenvalue weighted by Gasteiger charge is 2.35. The van der Waals surface area contributed by atoms with Crippen molar-refractivity contribution < 1.29 is 14.3 Å². The van der Waals surface area contributed by atoms with Crippen LogP contribution in [0, 0.1) is 5.92 Å². The van der Waals surface area contributed by atoms with Crippen molar-refractivity contribution in [3.63, 3.8) is 0 Å². The van der Waals surface area contributed by atoms with Gasteiger partial charge < -0.3 is 10.1 Å². The summed E-state index contributed by atoms with van der Waals surface area (Å²) in [5.41, 5.74) is 2.13. The molecule has 0 saturated heterocycles. The first-order valence-electron chi connectivity index (χ1n) is 7.88. The maximum atomic E-state index is 12.3. The van der Waals surface area contributed by atoms with Crippen LogP contribution in [0.3, 0.4) is 0 Å². The number of amides is 1. The van der Waals surface area contributed by atoms with E-state index in [1.807, 2.05) is 30.3 Å². The first-order valence-corrected chi connectivity index (χ1v) is 8.26. The van der Waals surface area contributed by atoms with Gasteiger partial charge in [0.1, 0.15) is 5.57 Å². The van der Waals surface area contributed by atoms with Crippen LogP contribution in [0.4, 0.5) is 0 Å². The number of benzene rings is 1. The summed E-state index contributed by atoms with van der Waals surface area (Å²) in [5.74, 6) is -1.66. The molecule has 6 heteroatoms. The fourth-order valence-corrected chi connectivity index (χ4v) is 3.02. The number of ether oxygens (including phenoxy) is 1. The van der Waals surface area contributed by atoms with Crippen molar-refractivity contribution in [3.05, 3.63) is 70.4 Å². The van der Waals surface area contributed by atoms with Crippen LogP contribution in [-0.4, -0.2) is 31.2 Å². The van der Waals surface area contributed by atoms with E-state index >= 15 is 0 Å². The molecule has 3 rings (SSSR count). The molecular weight excluding hydrogens is 340 g/mol. The molecule has 2 aliphatic rings. The monoisotopic (exact) mass is 356 g/mol. The molecule has 1 unspecified atom stereocenters. The second-order valence-electron chi connectivity index (χ2n) is 5.65. The number of nitrogens with zero attached hydrogens (tertiary/aromatic N) is 1. The highest BCUT2D eigenvalue weighted by molar-refractivity contribution is 6.33. The third kappa shape index (κ3) is 3.72. The maximum Gasteiger partial charge on any atom is 0.345 e. The van der Waals surface area contributed by atoms with Crippen molar-refractivity contribution in [1.29, 1.82) is 0 Å². The van der Waals surface area contributed by atoms with E-state index in [0.29, 0.717) is 23.0 Å². The van der Waals surface area contributed by atoms with Crippen LogP contribution < -0.4 is 5.32 Å². The van der Waals surface area contributed by atoms with Crippen LogP contribution in [0.15, 0.2) is 69.9 Å². The Bertz CT molecular complexity index is 822. The van der Waals surface area contributed by atoms with Crippen molar-refractivity contribution in [2.75, 3.05) is 13.7 Å². The first-order chi connectivity index (χ1) is 12.1. The molecule has 0 radical (unpaired) electrons. The molecule has 1 aliphatic heterocycles. The zero-order valence-electron chi connectivity index (χ0n) is 13.7. The minimum absolute atomic E-state index is 0.0691. The van der Waals surface area contributed by atoms with E-state index in [0.717, 1.165) is 12.0 Å². The SMILES string of the molecule is COC(=O)C1=C(NCCc2ccccc2)C2C=C(Cl)C=CC2=NC1=O. The zero-order chi connectivity index (χ0) is 17.8. The minimum Gasteiger partial charge on any atom is -0.465 e. The minimum atomic E-state index is -0.700. The third-order valence-electron chi connectivity index (χ3n) is 4.04. The van der Waals surface area contributed by atoms with E-state index in [9.17, 15) is 9.59 Å². The summed E-state index contributed by atoms with van der Waals surface area (Å²) < 4.78 is 4.76. The Kier molecular flexibility index (Phi) is 5.14. The number of aliphatic imine (C=N–C) groups is 1. The Balaban J connectivity index is 1.87. The topological polar surface area (TPSA) is 67.8 Å². The van der Waals surface area contributed by atoms with Gasteiger partial charge in [-0.2, -0.15) is 0 Å². The van der Waals surface area contributed by atoms with Gasteiger partial charge in [-0.15, -0.1) is 0 Å². The van der Waals surface area contributed by atoms with Gasteiger partial charge in [-0.25, -0.2) is 9.79 Å². The normalized spacial score (nSPS) is 19.1. The molecule has 128 valence electrons. The molecule has 1 aromatic rings. The number of methoxy groups -OCH3 is 1. The van der Waals surface area contributed by atoms with Gasteiger partial charge in [0.15, 0.2) is 0 Å². The number of hydrogen-bond acceptors (Lipinski definition) is 4. The van der Waals surface area contributed by atoms with Crippen LogP contribution in [0.1, 0.15) is 5.56 Å². The summed E-state index contributed by atoms with van der Waals surface area (Å²) in [6.07, 6.45) is 5.88. The van der Waals surface area contributed by atoms with Gasteiger partial charge in [-0.3, -0.25) is 4.79 Å². The summed E-state index contributed by atoms with van der Waals surface area (Å²) >= 11 is 6.10. The summed E-state index contributed by atoms with van der Waals surface area (Å²) in [4.78, 5) is 28.4. The Morgan fingerprint density at radius 3 is 2.76 bits per heavy atom. The molecule has 0 fully saturated rings. The number of dihydropyridines is 1. The second-order valence-corrected chi connectivity index (χ2v) is 6.08. The number of allylic oxidation sites excluding steroid dienone is 4. The van der Waals surface area contributed by atoms with E-state index in [1.165, 1.54) is 7.11 Å². The molecule has 1 atom stereocenters. The number of nitrogens with one attached hydrogen (secondary N) is 1. The number of hydrogen-bond donors (Lipinski definition) is 1. The highest BCUT2D eigenvalue weighted by Crippen LogP contribution is 2.29. The van der Waals surface area contributed by atoms with Crippen LogP contribution >= 0.6 is 11.6 Å². The van der Waals surface area contributed by atoms with E-state index < -0.39 is 11.9 Å². The molecule has 1 heterocycles. The standard InChI is InChI=1S/C19H17ClN2O3/c1-25-19(24)16-17(21-10-9-12-5-3-2-4-6-12)14-11-13(20)7-8-15(14)22-18(16)23/h2-8,11,14,21H,9-10H2,1H3. The Morgan fingerprint density at radius 2 is 2.04 bits per heavy atom. The van der Waals surface area contributed by atoms with Crippen molar-refractivity contribution in [1.82, 2.24) is 5.32 Å². The number of rotatable bonds is 5. The van der Waals surface area contributed by atoms with E-state index in [2.05, 4.69) is 10.3 Å². The molecule has 0 spiro atoms. The van der Waals surface area contributed by atoms with Gasteiger partial charge in [-0.05, 0) is 24.1 Å². The fraction of sp³-hybridized carbons (Fsp3) is 0.211. The van der Waals surface area contributed by atoms with Gasteiger partial charge in [0.25, 0.3) is 5.91 Å². The molecule has 0 bridgehead atoms. The second kappa shape index (κ2) is 7.49. The van der Waals surface area contributed by atoms with Crippen molar-refractivity contribution in [2.45, 2.75) is 6.42 Å². The molecule has 1 aromatic carbocycles. The number of halogens is 1. The third-order valence-corrected chi connectivity index (χ3v) is 4.30. The summed E-state index contributed by atoms with van der Waals surface area (Å²) in [5, 5.41) is 3.76. The Labute approximate surface area is 150 Å². The largest absolute Gasteiger partial charge is 0.465 e. The van der Waals surface area contributed by atoms with Crippen LogP contribution in [0.5, 0.6) is 0 Å². The predicted molar refractivity (Wildman–Crippen MR) is 96.2 cm³/mol. The Morgan fingerprint density at radius 1 is 1.28 bits per heavy atom. The lowest BCUT2D eigenvalue weighted by Crippen LogP contribution is -2.36. The summed E-state index contributed by atoms with van der Waals surface area (Å²) in [6.45, 7) is 0.562. The van der Waals surface area contributed by atoms with Gasteiger partial charge >= 0.3 is 5.97 Å². The van der Waals surface area contributed by atoms with Gasteiger partial charge in [-0.1, -0.05) is 48.0 Å². The smallest absolute Gasteiger partial charge is 0.345 e. The lowest BCUT2D eigenvalue weighted by molar-refractivity contribution is -0.137. The fourth-order valence-electron chi connectivity index (χ4n) is 2.83. The number of esters is 1. The van der Waals surface area contributed by atoms with Gasteiger partial charge in [0.2, 0.25) is 0 Å². The van der Waals surface area contributed by atoms with Gasteiger partial charge in [0.05, 0.1) is 18.7 Å². The maximum absolute atomic E-state index is 12.3. The quantitative estimate of drug-likeness (QED) is 0.650. The van der Waals surface area contributed by atoms with E-state index in [-0.39, 0.29) is 11.5 Å². The molecule has 5 nitrogen and oxygen atoms in total. The average molecular weight is 357 g/mol. The highest BCUT2D eigenvalue weighted by atomic mass is 35.5. The molecule has 1 N–H and O–H groups in total. The van der Waals surface area contributed by atoms with E-state index in [4.69, 9.17) is 16.3 Å². The predicted octanol–water partition coefficient (Wildman–Crippen LogP) is 2.54. The average Bonchev–Trinajstić information content (AvgIpc) is 2.62. The van der Waals surface area contributed by atoms with Crippen molar-refractivity contribution >= 4 is 29.2 Å². The Hall–Kier alpha value is -2.66. The van der Waals surface area contributed by atoms with Gasteiger partial charge in [0, 0.05) is 17.3 Å². The first kappa shape index (κ1) is 17.2. The van der Waals surface area contributed by atoms with E-state index in [1.54, 1.807) is 18.2 Å². The lowest BCUT2D eigenvalue weighted by Gasteiger charge is -2.26. The molecule has 25 heavy (non-hydrogen) atoms. The summed E-state index contributed by atoms with van der Waals surface area (Å²) in [7, 11) is 1.24. The molecule has 1 amide bonds. The molecule has 1 aliphatic carbocycles. The van der Waals surface area contributed by atoms with Crippen LogP contribution in [0.2, 0.25) is 0 Å². The number of fused-ring (bicyclic) bond motifs is 1. The number of carbonyl (C=O) groups is 2. The van der Waals surface area contributed by atoms with Crippen molar-refractivity contribution in [3.8, 4) is 0 Å². The van der Waals surface area contributed by atoms with Crippen LogP contribution in [-0.2, 0) is 20.7 Å². The molecular formula is C19H17ClN2O3. The molecule has 0 aromatic heterocycles. The summed E-state index contributed by atoms with van der Waals surface area (Å²) in [6, 6.07) is 9.95. The number of carbonyl (C=O) groups excluding carboxylic acids is 2. The zero-order valence-corrected chi connectivity index (χ0v) is 14.4. The van der Waals surface area contributed by atoms with Crippen molar-refractivity contribution in [2.24, 2.45) is 10.9 Å². The molecule has 0 saturated carbocycles.